The van der Waals surface area contributed by atoms with Crippen LogP contribution in [-0.4, -0.2) is 42.7 Å². The number of rotatable bonds is 6. The Hall–Kier alpha value is -0.560. The lowest BCUT2D eigenvalue weighted by atomic mass is 10.2. The summed E-state index contributed by atoms with van der Waals surface area (Å²) >= 11 is 11.4. The average Bonchev–Trinajstić information content (AvgIpc) is 2.22. The Balaban J connectivity index is 2.75. The first-order chi connectivity index (χ1) is 8.80. The predicted octanol–water partition coefficient (Wildman–Crippen LogP) is 2.97. The van der Waals surface area contributed by atoms with Gasteiger partial charge in [0.2, 0.25) is 0 Å². The maximum absolute atomic E-state index is 12.5. The first-order valence-corrected chi connectivity index (χ1v) is 6.31. The van der Waals surface area contributed by atoms with Crippen LogP contribution in [0.3, 0.4) is 0 Å². The minimum absolute atomic E-state index is 0.114. The molecule has 8 heteroatoms. The SMILES string of the molecule is CNCCN(Cc1cc(Cl)nc(Cl)c1)CC(F)(F)F. The second kappa shape index (κ2) is 7.28. The summed E-state index contributed by atoms with van der Waals surface area (Å²) in [5.74, 6) is 0. The fourth-order valence-corrected chi connectivity index (χ4v) is 2.11. The van der Waals surface area contributed by atoms with Crippen molar-refractivity contribution in [2.45, 2.75) is 12.7 Å². The Kier molecular flexibility index (Phi) is 6.32. The zero-order chi connectivity index (χ0) is 14.5. The van der Waals surface area contributed by atoms with Gasteiger partial charge in [0.25, 0.3) is 0 Å². The zero-order valence-electron chi connectivity index (χ0n) is 10.3. The second-order valence-corrected chi connectivity index (χ2v) is 4.82. The Labute approximate surface area is 119 Å². The van der Waals surface area contributed by atoms with E-state index in [1.165, 1.54) is 17.0 Å². The van der Waals surface area contributed by atoms with E-state index in [-0.39, 0.29) is 23.4 Å². The third kappa shape index (κ3) is 6.96. The van der Waals surface area contributed by atoms with E-state index in [0.29, 0.717) is 12.1 Å². The molecule has 0 aliphatic rings. The normalized spacial score (nSPS) is 12.2. The number of alkyl halides is 3. The molecule has 0 atom stereocenters. The molecule has 0 saturated heterocycles. The van der Waals surface area contributed by atoms with Gasteiger partial charge in [0.15, 0.2) is 0 Å². The fourth-order valence-electron chi connectivity index (χ4n) is 1.60. The van der Waals surface area contributed by atoms with E-state index in [1.54, 1.807) is 7.05 Å². The molecule has 1 aromatic heterocycles. The van der Waals surface area contributed by atoms with E-state index < -0.39 is 12.7 Å². The first kappa shape index (κ1) is 16.5. The van der Waals surface area contributed by atoms with Gasteiger partial charge >= 0.3 is 6.18 Å². The van der Waals surface area contributed by atoms with Gasteiger partial charge in [0, 0.05) is 19.6 Å². The quantitative estimate of drug-likeness (QED) is 0.818. The van der Waals surface area contributed by atoms with Gasteiger partial charge in [-0.3, -0.25) is 4.90 Å². The van der Waals surface area contributed by atoms with Crippen LogP contribution in [0.2, 0.25) is 10.3 Å². The van der Waals surface area contributed by atoms with E-state index >= 15 is 0 Å². The number of likely N-dealkylation sites (N-methyl/N-ethyl adjacent to an activating group) is 1. The van der Waals surface area contributed by atoms with E-state index in [9.17, 15) is 13.2 Å². The van der Waals surface area contributed by atoms with Crippen molar-refractivity contribution in [1.82, 2.24) is 15.2 Å². The summed E-state index contributed by atoms with van der Waals surface area (Å²) in [6.45, 7) is -0.133. The molecular formula is C11H14Cl2F3N3. The van der Waals surface area contributed by atoms with Crippen molar-refractivity contribution >= 4 is 23.2 Å². The van der Waals surface area contributed by atoms with Crippen LogP contribution >= 0.6 is 23.2 Å². The predicted molar refractivity (Wildman–Crippen MR) is 69.5 cm³/mol. The van der Waals surface area contributed by atoms with Gasteiger partial charge in [-0.15, -0.1) is 0 Å². The van der Waals surface area contributed by atoms with Crippen molar-refractivity contribution in [3.63, 3.8) is 0 Å². The molecule has 19 heavy (non-hydrogen) atoms. The molecule has 0 aliphatic carbocycles. The van der Waals surface area contributed by atoms with Crippen molar-refractivity contribution in [2.24, 2.45) is 0 Å². The molecule has 0 unspecified atom stereocenters. The Morgan fingerprint density at radius 3 is 2.32 bits per heavy atom. The van der Waals surface area contributed by atoms with Gasteiger partial charge in [-0.25, -0.2) is 4.98 Å². The Morgan fingerprint density at radius 1 is 1.26 bits per heavy atom. The van der Waals surface area contributed by atoms with Gasteiger partial charge < -0.3 is 5.32 Å². The summed E-state index contributed by atoms with van der Waals surface area (Å²) in [7, 11) is 1.69. The number of aromatic nitrogens is 1. The largest absolute Gasteiger partial charge is 0.401 e. The zero-order valence-corrected chi connectivity index (χ0v) is 11.8. The van der Waals surface area contributed by atoms with Gasteiger partial charge in [-0.1, -0.05) is 23.2 Å². The standard InChI is InChI=1S/C11H14Cl2F3N3/c1-17-2-3-19(7-11(14,15)16)6-8-4-9(12)18-10(13)5-8/h4-5,17H,2-3,6-7H2,1H3. The fraction of sp³-hybridized carbons (Fsp3) is 0.545. The van der Waals surface area contributed by atoms with Crippen LogP contribution in [0.15, 0.2) is 12.1 Å². The summed E-state index contributed by atoms with van der Waals surface area (Å²) in [4.78, 5) is 5.03. The number of pyridine rings is 1. The second-order valence-electron chi connectivity index (χ2n) is 4.05. The maximum Gasteiger partial charge on any atom is 0.401 e. The number of hydrogen-bond donors (Lipinski definition) is 1. The highest BCUT2D eigenvalue weighted by Crippen LogP contribution is 2.20. The van der Waals surface area contributed by atoms with E-state index in [0.717, 1.165) is 0 Å². The lowest BCUT2D eigenvalue weighted by Gasteiger charge is -2.23. The minimum Gasteiger partial charge on any atom is -0.318 e. The molecule has 0 aliphatic heterocycles. The Bertz CT molecular complexity index is 392. The monoisotopic (exact) mass is 315 g/mol. The van der Waals surface area contributed by atoms with Crippen LogP contribution in [0.25, 0.3) is 0 Å². The van der Waals surface area contributed by atoms with Crippen LogP contribution in [0.5, 0.6) is 0 Å². The van der Waals surface area contributed by atoms with E-state index in [1.807, 2.05) is 0 Å². The van der Waals surface area contributed by atoms with Crippen LogP contribution in [-0.2, 0) is 6.54 Å². The van der Waals surface area contributed by atoms with Crippen LogP contribution < -0.4 is 5.32 Å². The van der Waals surface area contributed by atoms with Crippen LogP contribution in [0.1, 0.15) is 5.56 Å². The van der Waals surface area contributed by atoms with Crippen molar-refractivity contribution in [2.75, 3.05) is 26.7 Å². The highest BCUT2D eigenvalue weighted by molar-refractivity contribution is 6.32. The highest BCUT2D eigenvalue weighted by Gasteiger charge is 2.30. The number of nitrogens with zero attached hydrogens (tertiary/aromatic N) is 2. The molecule has 0 saturated carbocycles. The lowest BCUT2D eigenvalue weighted by Crippen LogP contribution is -2.37. The topological polar surface area (TPSA) is 28.2 Å². The molecule has 0 fully saturated rings. The third-order valence-corrected chi connectivity index (χ3v) is 2.70. The molecule has 3 nitrogen and oxygen atoms in total. The van der Waals surface area contributed by atoms with Gasteiger partial charge in [-0.2, -0.15) is 13.2 Å². The van der Waals surface area contributed by atoms with Crippen molar-refractivity contribution in [1.29, 1.82) is 0 Å². The smallest absolute Gasteiger partial charge is 0.318 e. The number of hydrogen-bond acceptors (Lipinski definition) is 3. The maximum atomic E-state index is 12.5. The van der Waals surface area contributed by atoms with Crippen LogP contribution in [0.4, 0.5) is 13.2 Å². The van der Waals surface area contributed by atoms with Gasteiger partial charge in [0.05, 0.1) is 6.54 Å². The summed E-state index contributed by atoms with van der Waals surface area (Å²) < 4.78 is 37.4. The van der Waals surface area contributed by atoms with Crippen molar-refractivity contribution < 1.29 is 13.2 Å². The van der Waals surface area contributed by atoms with Gasteiger partial charge in [-0.05, 0) is 24.7 Å². The van der Waals surface area contributed by atoms with Gasteiger partial charge in [0.1, 0.15) is 10.3 Å². The molecule has 1 aromatic rings. The molecule has 0 spiro atoms. The highest BCUT2D eigenvalue weighted by atomic mass is 35.5. The number of nitrogens with one attached hydrogen (secondary N) is 1. The summed E-state index contributed by atoms with van der Waals surface area (Å²) in [5, 5.41) is 3.16. The molecule has 1 rings (SSSR count). The van der Waals surface area contributed by atoms with Crippen molar-refractivity contribution in [3.05, 3.63) is 28.0 Å². The molecule has 0 aromatic carbocycles. The number of halogens is 5. The summed E-state index contributed by atoms with van der Waals surface area (Å²) in [5.41, 5.74) is 0.602. The minimum atomic E-state index is -4.24. The Morgan fingerprint density at radius 2 is 1.84 bits per heavy atom. The summed E-state index contributed by atoms with van der Waals surface area (Å²) in [6, 6.07) is 3.02. The molecule has 1 heterocycles. The molecule has 1 N–H and O–H groups in total. The lowest BCUT2D eigenvalue weighted by molar-refractivity contribution is -0.146. The molecular weight excluding hydrogens is 302 g/mol. The molecule has 0 bridgehead atoms. The van der Waals surface area contributed by atoms with Crippen molar-refractivity contribution in [3.8, 4) is 0 Å². The molecule has 0 radical (unpaired) electrons. The third-order valence-electron chi connectivity index (χ3n) is 2.31. The van der Waals surface area contributed by atoms with Crippen LogP contribution in [0, 0.1) is 0 Å². The average molecular weight is 316 g/mol. The first-order valence-electron chi connectivity index (χ1n) is 5.56. The van der Waals surface area contributed by atoms with E-state index in [4.69, 9.17) is 23.2 Å². The molecule has 0 amide bonds. The summed E-state index contributed by atoms with van der Waals surface area (Å²) in [6.07, 6.45) is -4.24. The molecule has 108 valence electrons. The van der Waals surface area contributed by atoms with E-state index in [2.05, 4.69) is 10.3 Å².